The van der Waals surface area contributed by atoms with Crippen LogP contribution in [0, 0.1) is 0 Å². The fourth-order valence-corrected chi connectivity index (χ4v) is 5.27. The third-order valence-corrected chi connectivity index (χ3v) is 6.92. The molecule has 1 fully saturated rings. The molecule has 1 aliphatic rings. The topological polar surface area (TPSA) is 35.5 Å². The summed E-state index contributed by atoms with van der Waals surface area (Å²) in [7, 11) is -3.13. The van der Waals surface area contributed by atoms with Crippen LogP contribution in [-0.4, -0.2) is 5.66 Å². The summed E-state index contributed by atoms with van der Waals surface area (Å²) in [5.41, 5.74) is 2.08. The van der Waals surface area contributed by atoms with Gasteiger partial charge in [0.1, 0.15) is 0 Å². The fourth-order valence-electron chi connectivity index (χ4n) is 3.12. The van der Waals surface area contributed by atoms with Crippen molar-refractivity contribution in [1.82, 2.24) is 0 Å². The second-order valence-corrected chi connectivity index (χ2v) is 8.68. The number of benzene rings is 2. The Balaban J connectivity index is 1.68. The standard InChI is InChI=1S/C20H25O3P/c21-24(20-14-8-3-9-15-20,22-16-18-10-4-1-5-11-18)23-17-19-12-6-2-7-13-19/h1-2,4-7,10-13,20H,3,8-9,14-17H2. The molecule has 0 bridgehead atoms. The monoisotopic (exact) mass is 344 g/mol. The fraction of sp³-hybridized carbons (Fsp3) is 0.400. The van der Waals surface area contributed by atoms with E-state index in [9.17, 15) is 4.57 Å². The maximum absolute atomic E-state index is 13.5. The Morgan fingerprint density at radius 2 is 1.21 bits per heavy atom. The summed E-state index contributed by atoms with van der Waals surface area (Å²) < 4.78 is 25.3. The molecular weight excluding hydrogens is 319 g/mol. The molecule has 0 spiro atoms. The normalized spacial score (nSPS) is 16.2. The van der Waals surface area contributed by atoms with Gasteiger partial charge in [-0.1, -0.05) is 79.9 Å². The summed E-state index contributed by atoms with van der Waals surface area (Å²) in [6.45, 7) is 0.673. The predicted molar refractivity (Wildman–Crippen MR) is 96.9 cm³/mol. The van der Waals surface area contributed by atoms with Crippen LogP contribution in [0.5, 0.6) is 0 Å². The summed E-state index contributed by atoms with van der Waals surface area (Å²) in [4.78, 5) is 0. The summed E-state index contributed by atoms with van der Waals surface area (Å²) in [6.07, 6.45) is 5.30. The molecule has 0 saturated heterocycles. The molecule has 2 aromatic carbocycles. The predicted octanol–water partition coefficient (Wildman–Crippen LogP) is 5.95. The smallest absolute Gasteiger partial charge is 0.304 e. The quantitative estimate of drug-likeness (QED) is 0.583. The zero-order chi connectivity index (χ0) is 16.7. The van der Waals surface area contributed by atoms with E-state index in [-0.39, 0.29) is 5.66 Å². The van der Waals surface area contributed by atoms with Gasteiger partial charge in [0.05, 0.1) is 18.9 Å². The van der Waals surface area contributed by atoms with Gasteiger partial charge < -0.3 is 9.05 Å². The molecular formula is C20H25O3P. The van der Waals surface area contributed by atoms with E-state index in [0.717, 1.165) is 36.8 Å². The maximum atomic E-state index is 13.5. The average Bonchev–Trinajstić information content (AvgIpc) is 2.67. The van der Waals surface area contributed by atoms with Crippen molar-refractivity contribution < 1.29 is 13.6 Å². The summed E-state index contributed by atoms with van der Waals surface area (Å²) in [5.74, 6) is 0. The van der Waals surface area contributed by atoms with Crippen molar-refractivity contribution >= 4 is 7.60 Å². The molecule has 0 N–H and O–H groups in total. The van der Waals surface area contributed by atoms with Crippen LogP contribution in [0.3, 0.4) is 0 Å². The zero-order valence-corrected chi connectivity index (χ0v) is 14.9. The van der Waals surface area contributed by atoms with Gasteiger partial charge in [0.15, 0.2) is 0 Å². The molecule has 128 valence electrons. The van der Waals surface area contributed by atoms with E-state index in [1.54, 1.807) is 0 Å². The lowest BCUT2D eigenvalue weighted by Gasteiger charge is -2.29. The molecule has 1 saturated carbocycles. The summed E-state index contributed by atoms with van der Waals surface area (Å²) in [6, 6.07) is 19.8. The minimum atomic E-state index is -3.13. The highest BCUT2D eigenvalue weighted by Gasteiger charge is 2.36. The highest BCUT2D eigenvalue weighted by atomic mass is 31.2. The van der Waals surface area contributed by atoms with Crippen LogP contribution < -0.4 is 0 Å². The van der Waals surface area contributed by atoms with Crippen LogP contribution in [0.25, 0.3) is 0 Å². The molecule has 4 heteroatoms. The van der Waals surface area contributed by atoms with Crippen LogP contribution in [-0.2, 0) is 26.8 Å². The molecule has 0 aliphatic heterocycles. The van der Waals surface area contributed by atoms with Gasteiger partial charge in [-0.3, -0.25) is 4.57 Å². The van der Waals surface area contributed by atoms with Crippen molar-refractivity contribution in [2.45, 2.75) is 51.0 Å². The van der Waals surface area contributed by atoms with E-state index < -0.39 is 7.60 Å². The number of rotatable bonds is 7. The highest BCUT2D eigenvalue weighted by Crippen LogP contribution is 2.58. The highest BCUT2D eigenvalue weighted by molar-refractivity contribution is 7.54. The molecule has 3 nitrogen and oxygen atoms in total. The largest absolute Gasteiger partial charge is 0.334 e. The minimum Gasteiger partial charge on any atom is -0.304 e. The lowest BCUT2D eigenvalue weighted by atomic mass is 10.0. The average molecular weight is 344 g/mol. The number of hydrogen-bond acceptors (Lipinski definition) is 3. The van der Waals surface area contributed by atoms with Crippen LogP contribution in [0.1, 0.15) is 43.2 Å². The van der Waals surface area contributed by atoms with Crippen LogP contribution in [0.2, 0.25) is 0 Å². The summed E-state index contributed by atoms with van der Waals surface area (Å²) >= 11 is 0. The van der Waals surface area contributed by atoms with E-state index in [1.807, 2.05) is 60.7 Å². The maximum Gasteiger partial charge on any atom is 0.334 e. The molecule has 1 aliphatic carbocycles. The van der Waals surface area contributed by atoms with Crippen molar-refractivity contribution in [3.05, 3.63) is 71.8 Å². The van der Waals surface area contributed by atoms with Gasteiger partial charge in [-0.15, -0.1) is 0 Å². The molecule has 0 unspecified atom stereocenters. The Labute approximate surface area is 144 Å². The Hall–Kier alpha value is -1.41. The van der Waals surface area contributed by atoms with Gasteiger partial charge in [-0.25, -0.2) is 0 Å². The van der Waals surface area contributed by atoms with Gasteiger partial charge in [0, 0.05) is 0 Å². The Morgan fingerprint density at radius 3 is 1.67 bits per heavy atom. The lowest BCUT2D eigenvalue weighted by molar-refractivity contribution is 0.178. The van der Waals surface area contributed by atoms with E-state index in [4.69, 9.17) is 9.05 Å². The molecule has 0 aromatic heterocycles. The van der Waals surface area contributed by atoms with Crippen LogP contribution in [0.4, 0.5) is 0 Å². The van der Waals surface area contributed by atoms with E-state index in [1.165, 1.54) is 6.42 Å². The van der Waals surface area contributed by atoms with Gasteiger partial charge >= 0.3 is 7.60 Å². The third kappa shape index (κ3) is 4.80. The molecule has 24 heavy (non-hydrogen) atoms. The minimum absolute atomic E-state index is 0.0266. The van der Waals surface area contributed by atoms with E-state index in [2.05, 4.69) is 0 Å². The molecule has 0 amide bonds. The van der Waals surface area contributed by atoms with Gasteiger partial charge in [-0.2, -0.15) is 0 Å². The van der Waals surface area contributed by atoms with Crippen LogP contribution >= 0.6 is 7.60 Å². The van der Waals surface area contributed by atoms with Crippen LogP contribution in [0.15, 0.2) is 60.7 Å². The molecule has 0 heterocycles. The number of hydrogen-bond donors (Lipinski definition) is 0. The second kappa shape index (κ2) is 8.62. The van der Waals surface area contributed by atoms with Gasteiger partial charge in [0.25, 0.3) is 0 Å². The third-order valence-electron chi connectivity index (χ3n) is 4.53. The zero-order valence-electron chi connectivity index (χ0n) is 14.0. The van der Waals surface area contributed by atoms with Crippen molar-refractivity contribution in [3.63, 3.8) is 0 Å². The molecule has 2 aromatic rings. The Bertz CT molecular complexity index is 604. The first-order valence-electron chi connectivity index (χ1n) is 8.73. The molecule has 0 atom stereocenters. The first-order valence-corrected chi connectivity index (χ1v) is 10.3. The van der Waals surface area contributed by atoms with Gasteiger partial charge in [-0.05, 0) is 24.0 Å². The first kappa shape index (κ1) is 17.4. The van der Waals surface area contributed by atoms with Crippen molar-refractivity contribution in [3.8, 4) is 0 Å². The Kier molecular flexibility index (Phi) is 6.25. The summed E-state index contributed by atoms with van der Waals surface area (Å²) in [5, 5.41) is 0. The lowest BCUT2D eigenvalue weighted by Crippen LogP contribution is -2.16. The Morgan fingerprint density at radius 1 is 0.750 bits per heavy atom. The molecule has 3 rings (SSSR count). The molecule has 0 radical (unpaired) electrons. The van der Waals surface area contributed by atoms with Gasteiger partial charge in [0.2, 0.25) is 0 Å². The van der Waals surface area contributed by atoms with E-state index in [0.29, 0.717) is 13.2 Å². The van der Waals surface area contributed by atoms with Crippen molar-refractivity contribution in [2.24, 2.45) is 0 Å². The first-order chi connectivity index (χ1) is 11.8. The van der Waals surface area contributed by atoms with Crippen molar-refractivity contribution in [2.75, 3.05) is 0 Å². The second-order valence-electron chi connectivity index (χ2n) is 6.35. The van der Waals surface area contributed by atoms with Crippen molar-refractivity contribution in [1.29, 1.82) is 0 Å². The van der Waals surface area contributed by atoms with E-state index >= 15 is 0 Å². The SMILES string of the molecule is O=P(OCc1ccccc1)(OCc1ccccc1)C1CCCCC1.